The van der Waals surface area contributed by atoms with Gasteiger partial charge in [0, 0.05) is 12.2 Å². The maximum absolute atomic E-state index is 13.5. The van der Waals surface area contributed by atoms with Crippen LogP contribution in [0.1, 0.15) is 20.8 Å². The van der Waals surface area contributed by atoms with E-state index in [4.69, 9.17) is 5.73 Å². The Morgan fingerprint density at radius 1 is 1.50 bits per heavy atom. The Balaban J connectivity index is 2.64. The third-order valence-corrected chi connectivity index (χ3v) is 2.69. The number of likely N-dealkylation sites (N-methyl/N-ethyl adjacent to an activating group) is 1. The number of amides is 1. The average molecular weight is 283 g/mol. The van der Waals surface area contributed by atoms with Crippen LogP contribution in [0, 0.1) is 5.82 Å². The highest BCUT2D eigenvalue weighted by atomic mass is 19.1. The van der Waals surface area contributed by atoms with Crippen LogP contribution in [0.3, 0.4) is 0 Å². The molecule has 0 unspecified atom stereocenters. The number of nitrogens with two attached hydrogens (primary N) is 1. The standard InChI is InChI=1S/C14H22FN3O2/c1-4-18(9-14(2,3)20)8-13(19)17-12-7-10(16)5-6-11(12)15/h5-7,20H,4,8-9,16H2,1-3H3,(H,17,19). The number of nitrogens with zero attached hydrogens (tertiary/aromatic N) is 1. The van der Waals surface area contributed by atoms with Crippen molar-refractivity contribution in [1.82, 2.24) is 4.90 Å². The Labute approximate surface area is 118 Å². The van der Waals surface area contributed by atoms with Crippen molar-refractivity contribution in [3.63, 3.8) is 0 Å². The summed E-state index contributed by atoms with van der Waals surface area (Å²) in [5.41, 5.74) is 5.11. The van der Waals surface area contributed by atoms with Gasteiger partial charge in [-0.3, -0.25) is 9.69 Å². The number of carbonyl (C=O) groups excluding carboxylic acids is 1. The first-order valence-corrected chi connectivity index (χ1v) is 6.51. The molecule has 0 atom stereocenters. The maximum atomic E-state index is 13.5. The Bertz CT molecular complexity index is 472. The summed E-state index contributed by atoms with van der Waals surface area (Å²) in [7, 11) is 0. The summed E-state index contributed by atoms with van der Waals surface area (Å²) in [5.74, 6) is -0.876. The Morgan fingerprint density at radius 2 is 2.15 bits per heavy atom. The summed E-state index contributed by atoms with van der Waals surface area (Å²) in [6.07, 6.45) is 0. The summed E-state index contributed by atoms with van der Waals surface area (Å²) in [6.45, 7) is 6.28. The molecule has 0 bridgehead atoms. The predicted molar refractivity (Wildman–Crippen MR) is 77.9 cm³/mol. The number of carbonyl (C=O) groups is 1. The first kappa shape index (κ1) is 16.4. The highest BCUT2D eigenvalue weighted by molar-refractivity contribution is 5.92. The van der Waals surface area contributed by atoms with E-state index in [0.717, 1.165) is 0 Å². The Morgan fingerprint density at radius 3 is 2.70 bits per heavy atom. The van der Waals surface area contributed by atoms with Gasteiger partial charge in [0.1, 0.15) is 5.82 Å². The van der Waals surface area contributed by atoms with Crippen molar-refractivity contribution in [2.75, 3.05) is 30.7 Å². The minimum absolute atomic E-state index is 0.0642. The molecule has 5 nitrogen and oxygen atoms in total. The lowest BCUT2D eigenvalue weighted by Gasteiger charge is -2.27. The molecule has 0 saturated heterocycles. The van der Waals surface area contributed by atoms with Gasteiger partial charge in [-0.05, 0) is 38.6 Å². The van der Waals surface area contributed by atoms with Crippen LogP contribution in [-0.4, -0.2) is 41.1 Å². The van der Waals surface area contributed by atoms with E-state index in [1.807, 2.05) is 6.92 Å². The molecule has 20 heavy (non-hydrogen) atoms. The highest BCUT2D eigenvalue weighted by Crippen LogP contribution is 2.17. The van der Waals surface area contributed by atoms with Gasteiger partial charge in [-0.15, -0.1) is 0 Å². The summed E-state index contributed by atoms with van der Waals surface area (Å²) in [6, 6.07) is 4.01. The summed E-state index contributed by atoms with van der Waals surface area (Å²) in [5, 5.41) is 12.2. The fourth-order valence-electron chi connectivity index (χ4n) is 1.86. The fraction of sp³-hybridized carbons (Fsp3) is 0.500. The minimum Gasteiger partial charge on any atom is -0.399 e. The van der Waals surface area contributed by atoms with Gasteiger partial charge in [0.05, 0.1) is 17.8 Å². The number of rotatable bonds is 6. The lowest BCUT2D eigenvalue weighted by Crippen LogP contribution is -2.42. The van der Waals surface area contributed by atoms with Crippen molar-refractivity contribution in [2.24, 2.45) is 0 Å². The van der Waals surface area contributed by atoms with Crippen molar-refractivity contribution in [3.05, 3.63) is 24.0 Å². The van der Waals surface area contributed by atoms with Crippen LogP contribution in [0.2, 0.25) is 0 Å². The lowest BCUT2D eigenvalue weighted by molar-refractivity contribution is -0.117. The van der Waals surface area contributed by atoms with Crippen LogP contribution in [0.25, 0.3) is 0 Å². The second-order valence-corrected chi connectivity index (χ2v) is 5.40. The van der Waals surface area contributed by atoms with Crippen LogP contribution in [0.5, 0.6) is 0 Å². The van der Waals surface area contributed by atoms with E-state index in [1.54, 1.807) is 18.7 Å². The molecule has 1 aromatic carbocycles. The maximum Gasteiger partial charge on any atom is 0.238 e. The summed E-state index contributed by atoms with van der Waals surface area (Å²) < 4.78 is 13.5. The number of anilines is 2. The van der Waals surface area contributed by atoms with E-state index in [1.165, 1.54) is 18.2 Å². The first-order valence-electron chi connectivity index (χ1n) is 6.51. The predicted octanol–water partition coefficient (Wildman–Crippen LogP) is 1.44. The number of aliphatic hydroxyl groups is 1. The molecule has 0 aliphatic heterocycles. The molecule has 0 aromatic heterocycles. The van der Waals surface area contributed by atoms with Crippen LogP contribution < -0.4 is 11.1 Å². The van der Waals surface area contributed by atoms with E-state index < -0.39 is 11.4 Å². The van der Waals surface area contributed by atoms with Crippen LogP contribution in [0.15, 0.2) is 18.2 Å². The van der Waals surface area contributed by atoms with Crippen LogP contribution >= 0.6 is 0 Å². The number of hydrogen-bond donors (Lipinski definition) is 3. The second-order valence-electron chi connectivity index (χ2n) is 5.40. The molecule has 112 valence electrons. The van der Waals surface area contributed by atoms with Crippen molar-refractivity contribution in [1.29, 1.82) is 0 Å². The van der Waals surface area contributed by atoms with Gasteiger partial charge in [0.2, 0.25) is 5.91 Å². The first-order chi connectivity index (χ1) is 9.21. The molecule has 1 aromatic rings. The highest BCUT2D eigenvalue weighted by Gasteiger charge is 2.19. The number of hydrogen-bond acceptors (Lipinski definition) is 4. The van der Waals surface area contributed by atoms with E-state index in [9.17, 15) is 14.3 Å². The van der Waals surface area contributed by atoms with Gasteiger partial charge < -0.3 is 16.2 Å². The van der Waals surface area contributed by atoms with Crippen molar-refractivity contribution < 1.29 is 14.3 Å². The molecular formula is C14H22FN3O2. The van der Waals surface area contributed by atoms with Gasteiger partial charge in [0.25, 0.3) is 0 Å². The van der Waals surface area contributed by atoms with E-state index in [2.05, 4.69) is 5.32 Å². The average Bonchev–Trinajstić information content (AvgIpc) is 2.31. The van der Waals surface area contributed by atoms with Gasteiger partial charge in [0.15, 0.2) is 0 Å². The Kier molecular flexibility index (Phi) is 5.47. The van der Waals surface area contributed by atoms with Crippen molar-refractivity contribution in [3.8, 4) is 0 Å². The smallest absolute Gasteiger partial charge is 0.238 e. The van der Waals surface area contributed by atoms with E-state index >= 15 is 0 Å². The number of halogens is 1. The summed E-state index contributed by atoms with van der Waals surface area (Å²) in [4.78, 5) is 13.7. The molecule has 0 saturated carbocycles. The van der Waals surface area contributed by atoms with Crippen molar-refractivity contribution in [2.45, 2.75) is 26.4 Å². The van der Waals surface area contributed by atoms with E-state index in [-0.39, 0.29) is 18.1 Å². The molecular weight excluding hydrogens is 261 g/mol. The van der Waals surface area contributed by atoms with Crippen LogP contribution in [-0.2, 0) is 4.79 Å². The molecule has 0 heterocycles. The number of benzene rings is 1. The third-order valence-electron chi connectivity index (χ3n) is 2.69. The van der Waals surface area contributed by atoms with Gasteiger partial charge in [-0.25, -0.2) is 4.39 Å². The molecule has 1 amide bonds. The molecule has 0 aliphatic carbocycles. The molecule has 1 rings (SSSR count). The molecule has 0 aliphatic rings. The van der Waals surface area contributed by atoms with Gasteiger partial charge in [-0.2, -0.15) is 0 Å². The molecule has 0 radical (unpaired) electrons. The molecule has 4 N–H and O–H groups in total. The normalized spacial score (nSPS) is 11.7. The minimum atomic E-state index is -0.890. The zero-order valence-electron chi connectivity index (χ0n) is 12.1. The van der Waals surface area contributed by atoms with Crippen LogP contribution in [0.4, 0.5) is 15.8 Å². The quantitative estimate of drug-likeness (QED) is 0.690. The zero-order chi connectivity index (χ0) is 15.3. The third kappa shape index (κ3) is 5.54. The number of nitrogen functional groups attached to an aromatic ring is 1. The SMILES string of the molecule is CCN(CC(=O)Nc1cc(N)ccc1F)CC(C)(C)O. The lowest BCUT2D eigenvalue weighted by atomic mass is 10.1. The zero-order valence-corrected chi connectivity index (χ0v) is 12.1. The fourth-order valence-corrected chi connectivity index (χ4v) is 1.86. The Hall–Kier alpha value is -1.66. The molecule has 6 heteroatoms. The summed E-state index contributed by atoms with van der Waals surface area (Å²) >= 11 is 0. The number of nitrogens with one attached hydrogen (secondary N) is 1. The van der Waals surface area contributed by atoms with Crippen molar-refractivity contribution >= 4 is 17.3 Å². The second kappa shape index (κ2) is 6.67. The molecule has 0 fully saturated rings. The molecule has 0 spiro atoms. The topological polar surface area (TPSA) is 78.6 Å². The largest absolute Gasteiger partial charge is 0.399 e. The van der Waals surface area contributed by atoms with Gasteiger partial charge >= 0.3 is 0 Å². The van der Waals surface area contributed by atoms with Gasteiger partial charge in [-0.1, -0.05) is 6.92 Å². The van der Waals surface area contributed by atoms with E-state index in [0.29, 0.717) is 18.8 Å². The monoisotopic (exact) mass is 283 g/mol.